The predicted octanol–water partition coefficient (Wildman–Crippen LogP) is 1.79. The van der Waals surface area contributed by atoms with Crippen LogP contribution in [-0.4, -0.2) is 25.0 Å². The van der Waals surface area contributed by atoms with Gasteiger partial charge in [-0.3, -0.25) is 4.79 Å². The van der Waals surface area contributed by atoms with Gasteiger partial charge in [0.05, 0.1) is 5.69 Å². The molecule has 0 aliphatic heterocycles. The molecule has 1 atom stereocenters. The molecule has 5 heteroatoms. The Bertz CT molecular complexity index is 583. The molecule has 1 aromatic heterocycles. The van der Waals surface area contributed by atoms with E-state index >= 15 is 0 Å². The van der Waals surface area contributed by atoms with Gasteiger partial charge in [-0.05, 0) is 17.7 Å². The molecule has 0 fully saturated rings. The summed E-state index contributed by atoms with van der Waals surface area (Å²) in [5.74, 6) is 0.438. The fourth-order valence-electron chi connectivity index (χ4n) is 1.87. The summed E-state index contributed by atoms with van der Waals surface area (Å²) >= 11 is 0. The summed E-state index contributed by atoms with van der Waals surface area (Å²) in [6, 6.07) is 12.1. The summed E-state index contributed by atoms with van der Waals surface area (Å²) in [6.45, 7) is 0. The van der Waals surface area contributed by atoms with Crippen molar-refractivity contribution in [1.82, 2.24) is 4.98 Å². The summed E-state index contributed by atoms with van der Waals surface area (Å²) in [5.41, 5.74) is 7.39. The molecule has 1 aromatic carbocycles. The highest BCUT2D eigenvalue weighted by atomic mass is 16.2. The van der Waals surface area contributed by atoms with Gasteiger partial charge in [-0.15, -0.1) is 0 Å². The highest BCUT2D eigenvalue weighted by Crippen LogP contribution is 2.21. The number of aromatic nitrogens is 1. The number of nitrogens with two attached hydrogens (primary N) is 1. The van der Waals surface area contributed by atoms with Crippen molar-refractivity contribution in [3.8, 4) is 0 Å². The van der Waals surface area contributed by atoms with Crippen LogP contribution in [0.15, 0.2) is 48.7 Å². The first kappa shape index (κ1) is 14.0. The van der Waals surface area contributed by atoms with Gasteiger partial charge < -0.3 is 16.0 Å². The van der Waals surface area contributed by atoms with Crippen molar-refractivity contribution in [3.63, 3.8) is 0 Å². The molecule has 0 saturated carbocycles. The Morgan fingerprint density at radius 1 is 1.20 bits per heavy atom. The van der Waals surface area contributed by atoms with Gasteiger partial charge in [0.2, 0.25) is 5.91 Å². The van der Waals surface area contributed by atoms with E-state index in [1.54, 1.807) is 18.3 Å². The third-order valence-electron chi connectivity index (χ3n) is 2.91. The second-order valence-electron chi connectivity index (χ2n) is 4.65. The molecule has 104 valence electrons. The number of pyridine rings is 1. The van der Waals surface area contributed by atoms with Crippen LogP contribution in [0.4, 0.5) is 11.5 Å². The number of amides is 1. The molecule has 0 spiro atoms. The molecule has 2 aromatic rings. The fourth-order valence-corrected chi connectivity index (χ4v) is 1.87. The Labute approximate surface area is 118 Å². The number of carbonyl (C=O) groups is 1. The van der Waals surface area contributed by atoms with Gasteiger partial charge in [-0.25, -0.2) is 4.98 Å². The van der Waals surface area contributed by atoms with Gasteiger partial charge >= 0.3 is 0 Å². The summed E-state index contributed by atoms with van der Waals surface area (Å²) in [4.78, 5) is 18.3. The molecule has 3 N–H and O–H groups in total. The standard InChI is InChI=1S/C15H18N4O/c1-19(2)14-12(9-6-10-17-14)18-15(20)13(16)11-7-4-3-5-8-11/h3-10,13H,16H2,1-2H3,(H,18,20)/t13-/m0/s1. The topological polar surface area (TPSA) is 71.2 Å². The Morgan fingerprint density at radius 2 is 1.90 bits per heavy atom. The maximum absolute atomic E-state index is 12.2. The Kier molecular flexibility index (Phi) is 4.32. The molecule has 2 rings (SSSR count). The number of nitrogens with one attached hydrogen (secondary N) is 1. The number of anilines is 2. The summed E-state index contributed by atoms with van der Waals surface area (Å²) in [6.07, 6.45) is 1.68. The lowest BCUT2D eigenvalue weighted by molar-refractivity contribution is -0.117. The third-order valence-corrected chi connectivity index (χ3v) is 2.91. The van der Waals surface area contributed by atoms with Crippen LogP contribution < -0.4 is 16.0 Å². The van der Waals surface area contributed by atoms with Crippen molar-refractivity contribution in [1.29, 1.82) is 0 Å². The summed E-state index contributed by atoms with van der Waals surface area (Å²) < 4.78 is 0. The number of hydrogen-bond donors (Lipinski definition) is 2. The van der Waals surface area contributed by atoms with E-state index in [1.165, 1.54) is 0 Å². The van der Waals surface area contributed by atoms with Gasteiger partial charge in [0.25, 0.3) is 0 Å². The molecular weight excluding hydrogens is 252 g/mol. The lowest BCUT2D eigenvalue weighted by atomic mass is 10.1. The average molecular weight is 270 g/mol. The maximum atomic E-state index is 12.2. The highest BCUT2D eigenvalue weighted by molar-refractivity contribution is 5.97. The largest absolute Gasteiger partial charge is 0.361 e. The van der Waals surface area contributed by atoms with Crippen LogP contribution in [0.3, 0.4) is 0 Å². The summed E-state index contributed by atoms with van der Waals surface area (Å²) in [7, 11) is 3.74. The van der Waals surface area contributed by atoms with Crippen LogP contribution in [0.2, 0.25) is 0 Å². The van der Waals surface area contributed by atoms with Gasteiger partial charge in [0, 0.05) is 20.3 Å². The van der Waals surface area contributed by atoms with Crippen molar-refractivity contribution >= 4 is 17.4 Å². The van der Waals surface area contributed by atoms with Crippen molar-refractivity contribution < 1.29 is 4.79 Å². The molecular formula is C15H18N4O. The molecule has 1 amide bonds. The lowest BCUT2D eigenvalue weighted by Crippen LogP contribution is -2.28. The van der Waals surface area contributed by atoms with Crippen LogP contribution in [0.5, 0.6) is 0 Å². The van der Waals surface area contributed by atoms with Crippen LogP contribution in [0.1, 0.15) is 11.6 Å². The third kappa shape index (κ3) is 3.13. The highest BCUT2D eigenvalue weighted by Gasteiger charge is 2.17. The molecule has 0 aliphatic rings. The smallest absolute Gasteiger partial charge is 0.245 e. The maximum Gasteiger partial charge on any atom is 0.245 e. The SMILES string of the molecule is CN(C)c1ncccc1NC(=O)[C@@H](N)c1ccccc1. The molecule has 0 saturated heterocycles. The first-order valence-corrected chi connectivity index (χ1v) is 6.33. The van der Waals surface area contributed by atoms with Gasteiger partial charge in [-0.2, -0.15) is 0 Å². The van der Waals surface area contributed by atoms with E-state index in [4.69, 9.17) is 5.73 Å². The van der Waals surface area contributed by atoms with Crippen molar-refractivity contribution in [3.05, 3.63) is 54.2 Å². The lowest BCUT2D eigenvalue weighted by Gasteiger charge is -2.18. The number of carbonyl (C=O) groups excluding carboxylic acids is 1. The Balaban J connectivity index is 2.16. The second kappa shape index (κ2) is 6.16. The molecule has 0 unspecified atom stereocenters. The normalized spacial score (nSPS) is 11.8. The monoisotopic (exact) mass is 270 g/mol. The van der Waals surface area contributed by atoms with Crippen LogP contribution in [0.25, 0.3) is 0 Å². The zero-order chi connectivity index (χ0) is 14.5. The number of hydrogen-bond acceptors (Lipinski definition) is 4. The van der Waals surface area contributed by atoms with E-state index in [-0.39, 0.29) is 5.91 Å². The Hall–Kier alpha value is -2.40. The number of nitrogens with zero attached hydrogens (tertiary/aromatic N) is 2. The minimum Gasteiger partial charge on any atom is -0.361 e. The molecule has 0 bridgehead atoms. The van der Waals surface area contributed by atoms with Crippen molar-refractivity contribution in [2.75, 3.05) is 24.3 Å². The van der Waals surface area contributed by atoms with E-state index in [2.05, 4.69) is 10.3 Å². The Morgan fingerprint density at radius 3 is 2.55 bits per heavy atom. The quantitative estimate of drug-likeness (QED) is 0.888. The predicted molar refractivity (Wildman–Crippen MR) is 80.6 cm³/mol. The molecule has 0 radical (unpaired) electrons. The van der Waals surface area contributed by atoms with Gasteiger partial charge in [-0.1, -0.05) is 30.3 Å². The molecule has 20 heavy (non-hydrogen) atoms. The van der Waals surface area contributed by atoms with Crippen LogP contribution in [-0.2, 0) is 4.79 Å². The fraction of sp³-hybridized carbons (Fsp3) is 0.200. The second-order valence-corrected chi connectivity index (χ2v) is 4.65. The molecule has 5 nitrogen and oxygen atoms in total. The van der Waals surface area contributed by atoms with Crippen molar-refractivity contribution in [2.45, 2.75) is 6.04 Å². The zero-order valence-electron chi connectivity index (χ0n) is 11.6. The van der Waals surface area contributed by atoms with Gasteiger partial charge in [0.1, 0.15) is 6.04 Å². The van der Waals surface area contributed by atoms with E-state index in [1.807, 2.05) is 49.3 Å². The minimum absolute atomic E-state index is 0.257. The first-order chi connectivity index (χ1) is 9.59. The molecule has 0 aliphatic carbocycles. The van der Waals surface area contributed by atoms with Crippen LogP contribution >= 0.6 is 0 Å². The van der Waals surface area contributed by atoms with Crippen LogP contribution in [0, 0.1) is 0 Å². The summed E-state index contributed by atoms with van der Waals surface area (Å²) in [5, 5.41) is 2.82. The average Bonchev–Trinajstić information content (AvgIpc) is 2.47. The number of rotatable bonds is 4. The van der Waals surface area contributed by atoms with Crippen molar-refractivity contribution in [2.24, 2.45) is 5.73 Å². The van der Waals surface area contributed by atoms with E-state index in [9.17, 15) is 4.79 Å². The zero-order valence-corrected chi connectivity index (χ0v) is 11.6. The van der Waals surface area contributed by atoms with E-state index in [0.717, 1.165) is 5.56 Å². The minimum atomic E-state index is -0.702. The first-order valence-electron chi connectivity index (χ1n) is 6.33. The molecule has 1 heterocycles. The van der Waals surface area contributed by atoms with E-state index < -0.39 is 6.04 Å². The van der Waals surface area contributed by atoms with E-state index in [0.29, 0.717) is 11.5 Å². The van der Waals surface area contributed by atoms with Gasteiger partial charge in [0.15, 0.2) is 5.82 Å². The number of benzene rings is 1.